The van der Waals surface area contributed by atoms with Gasteiger partial charge in [-0.1, -0.05) is 13.8 Å². The molecule has 0 aromatic rings. The van der Waals surface area contributed by atoms with Gasteiger partial charge in [0.05, 0.1) is 11.5 Å². The molecule has 2 aliphatic carbocycles. The molecule has 2 atom stereocenters. The molecular formula is C16H28F3NO. The molecule has 2 nitrogen and oxygen atoms in total. The molecule has 0 amide bonds. The molecule has 2 saturated carbocycles. The van der Waals surface area contributed by atoms with Crippen LogP contribution in [-0.4, -0.2) is 23.4 Å². The van der Waals surface area contributed by atoms with E-state index >= 15 is 0 Å². The van der Waals surface area contributed by atoms with Gasteiger partial charge < -0.3 is 10.8 Å². The van der Waals surface area contributed by atoms with E-state index in [4.69, 9.17) is 5.73 Å². The van der Waals surface area contributed by atoms with Crippen molar-refractivity contribution in [2.24, 2.45) is 22.5 Å². The maximum atomic E-state index is 13.1. The van der Waals surface area contributed by atoms with Crippen LogP contribution in [0, 0.1) is 16.7 Å². The predicted molar refractivity (Wildman–Crippen MR) is 76.7 cm³/mol. The first-order valence-electron chi connectivity index (χ1n) is 8.03. The van der Waals surface area contributed by atoms with Gasteiger partial charge in [-0.05, 0) is 56.8 Å². The quantitative estimate of drug-likeness (QED) is 0.809. The number of aliphatic hydroxyl groups is 1. The summed E-state index contributed by atoms with van der Waals surface area (Å²) in [7, 11) is 0. The van der Waals surface area contributed by atoms with Crippen LogP contribution in [0.15, 0.2) is 0 Å². The van der Waals surface area contributed by atoms with Crippen molar-refractivity contribution in [1.29, 1.82) is 0 Å². The molecule has 0 aromatic carbocycles. The number of halogens is 3. The van der Waals surface area contributed by atoms with E-state index in [9.17, 15) is 18.3 Å². The average molecular weight is 307 g/mol. The maximum absolute atomic E-state index is 13.1. The Morgan fingerprint density at radius 2 is 1.67 bits per heavy atom. The van der Waals surface area contributed by atoms with Crippen molar-refractivity contribution in [1.82, 2.24) is 0 Å². The molecule has 0 aliphatic heterocycles. The van der Waals surface area contributed by atoms with E-state index in [0.29, 0.717) is 12.8 Å². The van der Waals surface area contributed by atoms with E-state index in [0.717, 1.165) is 25.7 Å². The first kappa shape index (κ1) is 17.1. The lowest BCUT2D eigenvalue weighted by molar-refractivity contribution is -0.221. The number of nitrogens with two attached hydrogens (primary N) is 1. The summed E-state index contributed by atoms with van der Waals surface area (Å²) in [6, 6.07) is 0. The number of hydrogen-bond acceptors (Lipinski definition) is 2. The van der Waals surface area contributed by atoms with E-state index < -0.39 is 23.1 Å². The first-order chi connectivity index (χ1) is 9.54. The summed E-state index contributed by atoms with van der Waals surface area (Å²) in [6.45, 7) is 4.64. The topological polar surface area (TPSA) is 46.2 Å². The van der Waals surface area contributed by atoms with Crippen molar-refractivity contribution in [2.75, 3.05) is 6.54 Å². The van der Waals surface area contributed by atoms with Crippen LogP contribution in [-0.2, 0) is 0 Å². The molecule has 2 rings (SSSR count). The standard InChI is InChI=1S/C16H28F3NO/c1-13(2)6-8-14(11-20,9-7-13)15(21)5-3-4-12(10-15)16(17,18)19/h12,21H,3-11,20H2,1-2H3. The van der Waals surface area contributed by atoms with Gasteiger partial charge in [0, 0.05) is 12.0 Å². The molecule has 2 fully saturated rings. The summed E-state index contributed by atoms with van der Waals surface area (Å²) in [6.07, 6.45) is -0.0468. The lowest BCUT2D eigenvalue weighted by Gasteiger charge is -2.55. The summed E-state index contributed by atoms with van der Waals surface area (Å²) < 4.78 is 39.2. The Hall–Kier alpha value is -0.290. The van der Waals surface area contributed by atoms with Gasteiger partial charge in [-0.15, -0.1) is 0 Å². The minimum Gasteiger partial charge on any atom is -0.389 e. The van der Waals surface area contributed by atoms with Gasteiger partial charge in [0.1, 0.15) is 0 Å². The van der Waals surface area contributed by atoms with Crippen LogP contribution in [0.3, 0.4) is 0 Å². The highest BCUT2D eigenvalue weighted by Crippen LogP contribution is 2.56. The van der Waals surface area contributed by atoms with Crippen LogP contribution in [0.25, 0.3) is 0 Å². The second-order valence-electron chi connectivity index (χ2n) is 8.02. The summed E-state index contributed by atoms with van der Waals surface area (Å²) in [5.74, 6) is -1.38. The minimum atomic E-state index is -4.21. The second-order valence-corrected chi connectivity index (χ2v) is 8.02. The fraction of sp³-hybridized carbons (Fsp3) is 1.00. The first-order valence-corrected chi connectivity index (χ1v) is 8.03. The Morgan fingerprint density at radius 1 is 1.10 bits per heavy atom. The highest BCUT2D eigenvalue weighted by molar-refractivity contribution is 5.06. The van der Waals surface area contributed by atoms with E-state index in [2.05, 4.69) is 13.8 Å². The van der Waals surface area contributed by atoms with Gasteiger partial charge in [-0.2, -0.15) is 13.2 Å². The molecule has 21 heavy (non-hydrogen) atoms. The van der Waals surface area contributed by atoms with Crippen molar-refractivity contribution in [3.05, 3.63) is 0 Å². The Labute approximate surface area is 125 Å². The molecular weight excluding hydrogens is 279 g/mol. The van der Waals surface area contributed by atoms with Gasteiger partial charge in [0.2, 0.25) is 0 Å². The lowest BCUT2D eigenvalue weighted by Crippen LogP contribution is -2.58. The van der Waals surface area contributed by atoms with Crippen molar-refractivity contribution < 1.29 is 18.3 Å². The molecule has 0 bridgehead atoms. The molecule has 0 heterocycles. The third-order valence-electron chi connectivity index (χ3n) is 6.13. The van der Waals surface area contributed by atoms with Crippen LogP contribution in [0.1, 0.15) is 65.2 Å². The van der Waals surface area contributed by atoms with Crippen LogP contribution in [0.4, 0.5) is 13.2 Å². The van der Waals surface area contributed by atoms with E-state index in [1.807, 2.05) is 0 Å². The average Bonchev–Trinajstić information content (AvgIpc) is 2.38. The molecule has 2 aliphatic rings. The fourth-order valence-electron chi connectivity index (χ4n) is 4.28. The minimum absolute atomic E-state index is 0.137. The SMILES string of the molecule is CC1(C)CCC(CN)(C2(O)CCCC(C(F)(F)F)C2)CC1. The Kier molecular flexibility index (Phi) is 4.40. The van der Waals surface area contributed by atoms with Crippen LogP contribution in [0.5, 0.6) is 0 Å². The van der Waals surface area contributed by atoms with Crippen LogP contribution >= 0.6 is 0 Å². The van der Waals surface area contributed by atoms with Crippen molar-refractivity contribution in [3.63, 3.8) is 0 Å². The summed E-state index contributed by atoms with van der Waals surface area (Å²) in [5, 5.41) is 11.1. The zero-order valence-corrected chi connectivity index (χ0v) is 13.1. The lowest BCUT2D eigenvalue weighted by atomic mass is 9.54. The van der Waals surface area contributed by atoms with Crippen molar-refractivity contribution in [3.8, 4) is 0 Å². The fourth-order valence-corrected chi connectivity index (χ4v) is 4.28. The van der Waals surface area contributed by atoms with Gasteiger partial charge in [-0.3, -0.25) is 0 Å². The zero-order chi connectivity index (χ0) is 15.9. The molecule has 2 unspecified atom stereocenters. The third-order valence-corrected chi connectivity index (χ3v) is 6.13. The predicted octanol–water partition coefficient (Wildman–Crippen LogP) is 4.02. The van der Waals surface area contributed by atoms with E-state index in [1.165, 1.54) is 0 Å². The number of rotatable bonds is 2. The molecule has 0 radical (unpaired) electrons. The zero-order valence-electron chi connectivity index (χ0n) is 13.1. The molecule has 3 N–H and O–H groups in total. The largest absolute Gasteiger partial charge is 0.391 e. The van der Waals surface area contributed by atoms with Gasteiger partial charge >= 0.3 is 6.18 Å². The van der Waals surface area contributed by atoms with Crippen molar-refractivity contribution in [2.45, 2.75) is 77.0 Å². The normalized spacial score (nSPS) is 36.4. The van der Waals surface area contributed by atoms with Crippen LogP contribution < -0.4 is 5.73 Å². The van der Waals surface area contributed by atoms with E-state index in [-0.39, 0.29) is 24.8 Å². The smallest absolute Gasteiger partial charge is 0.389 e. The molecule has 0 spiro atoms. The Morgan fingerprint density at radius 3 is 2.14 bits per heavy atom. The molecule has 0 aromatic heterocycles. The highest BCUT2D eigenvalue weighted by Gasteiger charge is 2.56. The van der Waals surface area contributed by atoms with Crippen LogP contribution in [0.2, 0.25) is 0 Å². The third kappa shape index (κ3) is 3.24. The van der Waals surface area contributed by atoms with Gasteiger partial charge in [0.15, 0.2) is 0 Å². The molecule has 124 valence electrons. The monoisotopic (exact) mass is 307 g/mol. The van der Waals surface area contributed by atoms with E-state index in [1.54, 1.807) is 0 Å². The van der Waals surface area contributed by atoms with Crippen molar-refractivity contribution >= 4 is 0 Å². The Bertz CT molecular complexity index is 370. The summed E-state index contributed by atoms with van der Waals surface area (Å²) >= 11 is 0. The summed E-state index contributed by atoms with van der Waals surface area (Å²) in [5.41, 5.74) is 4.37. The van der Waals surface area contributed by atoms with Gasteiger partial charge in [0.25, 0.3) is 0 Å². The van der Waals surface area contributed by atoms with Gasteiger partial charge in [-0.25, -0.2) is 0 Å². The number of alkyl halides is 3. The second kappa shape index (κ2) is 5.41. The summed E-state index contributed by atoms with van der Waals surface area (Å²) in [4.78, 5) is 0. The highest BCUT2D eigenvalue weighted by atomic mass is 19.4. The maximum Gasteiger partial charge on any atom is 0.391 e. The number of hydrogen-bond donors (Lipinski definition) is 2. The molecule has 0 saturated heterocycles. The molecule has 5 heteroatoms. The Balaban J connectivity index is 2.20.